The zero-order chi connectivity index (χ0) is 22.5. The number of hydrogen-bond donors (Lipinski definition) is 2. The number of aryl methyl sites for hydroxylation is 2. The highest BCUT2D eigenvalue weighted by molar-refractivity contribution is 9.10. The van der Waals surface area contributed by atoms with Gasteiger partial charge in [0.25, 0.3) is 5.91 Å². The third-order valence-electron chi connectivity index (χ3n) is 5.29. The van der Waals surface area contributed by atoms with Crippen molar-refractivity contribution in [2.75, 3.05) is 30.4 Å². The van der Waals surface area contributed by atoms with Crippen LogP contribution in [0.1, 0.15) is 24.5 Å². The molecule has 7 nitrogen and oxygen atoms in total. The summed E-state index contributed by atoms with van der Waals surface area (Å²) < 4.78 is 6.59. The first-order chi connectivity index (χ1) is 14.8. The smallest absolute Gasteiger partial charge is 0.262 e. The van der Waals surface area contributed by atoms with Crippen LogP contribution in [0.25, 0.3) is 0 Å². The molecule has 2 aromatic rings. The number of carbonyl (C=O) groups excluding carboxylic acids is 3. The SMILES string of the molecule is CCc1cc(Br)cc(C)c1NC(=O)COc1ccc(N2C[C@H](C(=O)NC)CC2=O)cc1. The van der Waals surface area contributed by atoms with Gasteiger partial charge in [-0.15, -0.1) is 0 Å². The summed E-state index contributed by atoms with van der Waals surface area (Å²) in [5.41, 5.74) is 3.54. The quantitative estimate of drug-likeness (QED) is 0.625. The van der Waals surface area contributed by atoms with Crippen molar-refractivity contribution >= 4 is 45.0 Å². The van der Waals surface area contributed by atoms with Crippen LogP contribution < -0.4 is 20.3 Å². The summed E-state index contributed by atoms with van der Waals surface area (Å²) >= 11 is 3.48. The molecule has 1 fully saturated rings. The summed E-state index contributed by atoms with van der Waals surface area (Å²) in [6.45, 7) is 4.22. The molecule has 3 amide bonds. The maximum Gasteiger partial charge on any atom is 0.262 e. The summed E-state index contributed by atoms with van der Waals surface area (Å²) in [6.07, 6.45) is 1.00. The van der Waals surface area contributed by atoms with Gasteiger partial charge in [0.2, 0.25) is 11.8 Å². The van der Waals surface area contributed by atoms with Crippen molar-refractivity contribution in [3.05, 3.63) is 52.0 Å². The Morgan fingerprint density at radius 3 is 2.58 bits per heavy atom. The van der Waals surface area contributed by atoms with Crippen LogP contribution in [-0.2, 0) is 20.8 Å². The Kier molecular flexibility index (Phi) is 7.33. The predicted molar refractivity (Wildman–Crippen MR) is 123 cm³/mol. The zero-order valence-electron chi connectivity index (χ0n) is 17.8. The molecule has 1 heterocycles. The highest BCUT2D eigenvalue weighted by atomic mass is 79.9. The number of anilines is 2. The summed E-state index contributed by atoms with van der Waals surface area (Å²) in [6, 6.07) is 10.9. The van der Waals surface area contributed by atoms with E-state index >= 15 is 0 Å². The van der Waals surface area contributed by atoms with Crippen LogP contribution in [0.4, 0.5) is 11.4 Å². The molecule has 164 valence electrons. The maximum absolute atomic E-state index is 12.4. The lowest BCUT2D eigenvalue weighted by molar-refractivity contribution is -0.125. The number of rotatable bonds is 7. The summed E-state index contributed by atoms with van der Waals surface area (Å²) in [7, 11) is 1.57. The molecule has 0 spiro atoms. The predicted octanol–water partition coefficient (Wildman–Crippen LogP) is 3.44. The van der Waals surface area contributed by atoms with Crippen molar-refractivity contribution in [1.82, 2.24) is 5.32 Å². The lowest BCUT2D eigenvalue weighted by Crippen LogP contribution is -2.30. The van der Waals surface area contributed by atoms with Gasteiger partial charge in [-0.3, -0.25) is 14.4 Å². The molecule has 8 heteroatoms. The number of ether oxygens (including phenoxy) is 1. The molecule has 0 unspecified atom stereocenters. The van der Waals surface area contributed by atoms with Crippen LogP contribution in [0.5, 0.6) is 5.75 Å². The van der Waals surface area contributed by atoms with Crippen LogP contribution in [0, 0.1) is 12.8 Å². The maximum atomic E-state index is 12.4. The second-order valence-electron chi connectivity index (χ2n) is 7.46. The van der Waals surface area contributed by atoms with E-state index < -0.39 is 0 Å². The molecule has 2 aromatic carbocycles. The molecular formula is C23H26BrN3O4. The van der Waals surface area contributed by atoms with Gasteiger partial charge in [0.15, 0.2) is 6.61 Å². The third kappa shape index (κ3) is 5.44. The molecule has 0 aliphatic carbocycles. The fourth-order valence-electron chi connectivity index (χ4n) is 3.65. The Balaban J connectivity index is 1.58. The first-order valence-electron chi connectivity index (χ1n) is 10.2. The first kappa shape index (κ1) is 22.8. The lowest BCUT2D eigenvalue weighted by Gasteiger charge is -2.17. The molecule has 0 bridgehead atoms. The summed E-state index contributed by atoms with van der Waals surface area (Å²) in [4.78, 5) is 38.0. The van der Waals surface area contributed by atoms with Crippen LogP contribution in [0.2, 0.25) is 0 Å². The van der Waals surface area contributed by atoms with E-state index in [9.17, 15) is 14.4 Å². The normalized spacial score (nSPS) is 15.7. The van der Waals surface area contributed by atoms with Crippen molar-refractivity contribution in [1.29, 1.82) is 0 Å². The van der Waals surface area contributed by atoms with E-state index in [1.807, 2.05) is 26.0 Å². The lowest BCUT2D eigenvalue weighted by atomic mass is 10.1. The Morgan fingerprint density at radius 2 is 1.94 bits per heavy atom. The largest absolute Gasteiger partial charge is 0.484 e. The van der Waals surface area contributed by atoms with E-state index in [1.165, 1.54) is 0 Å². The van der Waals surface area contributed by atoms with Gasteiger partial charge in [-0.05, 0) is 60.9 Å². The zero-order valence-corrected chi connectivity index (χ0v) is 19.4. The molecule has 1 aliphatic rings. The van der Waals surface area contributed by atoms with E-state index in [2.05, 4.69) is 26.6 Å². The number of halogens is 1. The van der Waals surface area contributed by atoms with Gasteiger partial charge in [0.1, 0.15) is 5.75 Å². The van der Waals surface area contributed by atoms with Crippen LogP contribution in [0.15, 0.2) is 40.9 Å². The Morgan fingerprint density at radius 1 is 1.23 bits per heavy atom. The van der Waals surface area contributed by atoms with Crippen molar-refractivity contribution in [2.45, 2.75) is 26.7 Å². The summed E-state index contributed by atoms with van der Waals surface area (Å²) in [5, 5.41) is 5.52. The molecule has 1 atom stereocenters. The van der Waals surface area contributed by atoms with Crippen molar-refractivity contribution in [3.63, 3.8) is 0 Å². The topological polar surface area (TPSA) is 87.7 Å². The molecule has 2 N–H and O–H groups in total. The van der Waals surface area contributed by atoms with E-state index in [0.717, 1.165) is 27.7 Å². The van der Waals surface area contributed by atoms with Crippen LogP contribution in [0.3, 0.4) is 0 Å². The van der Waals surface area contributed by atoms with Gasteiger partial charge in [0, 0.05) is 35.9 Å². The number of nitrogens with one attached hydrogen (secondary N) is 2. The number of benzene rings is 2. The first-order valence-corrected chi connectivity index (χ1v) is 10.9. The Bertz CT molecular complexity index is 991. The van der Waals surface area contributed by atoms with E-state index in [1.54, 1.807) is 36.2 Å². The van der Waals surface area contributed by atoms with Gasteiger partial charge < -0.3 is 20.3 Å². The van der Waals surface area contributed by atoms with Gasteiger partial charge in [-0.1, -0.05) is 22.9 Å². The van der Waals surface area contributed by atoms with Gasteiger partial charge in [-0.2, -0.15) is 0 Å². The second kappa shape index (κ2) is 9.96. The van der Waals surface area contributed by atoms with Crippen LogP contribution in [-0.4, -0.2) is 37.9 Å². The number of carbonyl (C=O) groups is 3. The number of amides is 3. The molecule has 3 rings (SSSR count). The molecule has 1 saturated heterocycles. The Labute approximate surface area is 190 Å². The van der Waals surface area contributed by atoms with Crippen molar-refractivity contribution < 1.29 is 19.1 Å². The highest BCUT2D eigenvalue weighted by Crippen LogP contribution is 2.28. The third-order valence-corrected chi connectivity index (χ3v) is 5.75. The molecule has 0 saturated carbocycles. The van der Waals surface area contributed by atoms with E-state index in [0.29, 0.717) is 18.0 Å². The van der Waals surface area contributed by atoms with E-state index in [4.69, 9.17) is 4.74 Å². The standard InChI is InChI=1S/C23H26BrN3O4/c1-4-15-10-17(24)9-14(2)22(15)26-20(28)13-31-19-7-5-18(6-8-19)27-12-16(11-21(27)29)23(30)25-3/h5-10,16H,4,11-13H2,1-3H3,(H,25,30)(H,26,28)/t16-/m1/s1. The van der Waals surface area contributed by atoms with Crippen molar-refractivity contribution in [3.8, 4) is 5.75 Å². The molecule has 31 heavy (non-hydrogen) atoms. The molecular weight excluding hydrogens is 462 g/mol. The minimum atomic E-state index is -0.341. The Hall–Kier alpha value is -2.87. The fraction of sp³-hybridized carbons (Fsp3) is 0.348. The molecule has 0 aromatic heterocycles. The molecule has 1 aliphatic heterocycles. The molecule has 0 radical (unpaired) electrons. The van der Waals surface area contributed by atoms with Crippen LogP contribution >= 0.6 is 15.9 Å². The minimum absolute atomic E-state index is 0.0850. The minimum Gasteiger partial charge on any atom is -0.484 e. The van der Waals surface area contributed by atoms with E-state index in [-0.39, 0.29) is 36.7 Å². The van der Waals surface area contributed by atoms with Gasteiger partial charge in [-0.25, -0.2) is 0 Å². The number of nitrogens with zero attached hydrogens (tertiary/aromatic N) is 1. The summed E-state index contributed by atoms with van der Waals surface area (Å²) in [5.74, 6) is -0.275. The fourth-order valence-corrected chi connectivity index (χ4v) is 4.27. The highest BCUT2D eigenvalue weighted by Gasteiger charge is 2.34. The number of hydrogen-bond acceptors (Lipinski definition) is 4. The monoisotopic (exact) mass is 487 g/mol. The average Bonchev–Trinajstić information content (AvgIpc) is 3.15. The average molecular weight is 488 g/mol. The van der Waals surface area contributed by atoms with Gasteiger partial charge in [0.05, 0.1) is 5.92 Å². The van der Waals surface area contributed by atoms with Gasteiger partial charge >= 0.3 is 0 Å². The van der Waals surface area contributed by atoms with Crippen molar-refractivity contribution in [2.24, 2.45) is 5.92 Å². The second-order valence-corrected chi connectivity index (χ2v) is 8.38.